The van der Waals surface area contributed by atoms with Crippen LogP contribution in [0, 0.1) is 11.8 Å². The predicted octanol–water partition coefficient (Wildman–Crippen LogP) is -5.06. The summed E-state index contributed by atoms with van der Waals surface area (Å²) >= 11 is 0. The molecule has 73 heavy (non-hydrogen) atoms. The lowest BCUT2D eigenvalue weighted by atomic mass is 9.74. The summed E-state index contributed by atoms with van der Waals surface area (Å²) in [5.41, 5.74) is 29.0. The van der Waals surface area contributed by atoms with Crippen LogP contribution in [0.5, 0.6) is 5.75 Å². The Balaban J connectivity index is 0.965. The van der Waals surface area contributed by atoms with E-state index in [1.807, 2.05) is 74.4 Å². The van der Waals surface area contributed by atoms with E-state index in [4.69, 9.17) is 46.6 Å². The predicted molar refractivity (Wildman–Crippen MR) is 259 cm³/mol. The number of carbonyl (C=O) groups is 2. The number of ether oxygens (including phenoxy) is 5. The van der Waals surface area contributed by atoms with Gasteiger partial charge in [-0.05, 0) is 61.2 Å². The van der Waals surface area contributed by atoms with Crippen LogP contribution < -0.4 is 43.0 Å². The highest BCUT2D eigenvalue weighted by Crippen LogP contribution is 2.45. The maximum absolute atomic E-state index is 13.8. The molecule has 20 atom stereocenters. The quantitative estimate of drug-likeness (QED) is 0.0794. The SMILES string of the molecule is CN(C)C1=CC2Oc3cc(N(C)C)ccc3C(c3ccc(C(=O)NCC4OC(OC5C(CO)OC(CC6C(O)C(N)CC(N)C6OC6CC(CO)C(O)C(O)C6N)C5O)C(N)C(O)C4O)cc3C(=O)[O-])=C2C=C1. The fourth-order valence-electron chi connectivity index (χ4n) is 11.0. The third kappa shape index (κ3) is 10.8. The van der Waals surface area contributed by atoms with Gasteiger partial charge in [-0.2, -0.15) is 0 Å². The molecule has 2 aromatic carbocycles. The van der Waals surface area contributed by atoms with Gasteiger partial charge in [-0.1, -0.05) is 12.1 Å². The topological polar surface area (TPSA) is 388 Å². The van der Waals surface area contributed by atoms with Gasteiger partial charge in [0.15, 0.2) is 6.29 Å². The van der Waals surface area contributed by atoms with Crippen molar-refractivity contribution in [3.05, 3.63) is 88.2 Å². The van der Waals surface area contributed by atoms with Crippen molar-refractivity contribution in [1.29, 1.82) is 0 Å². The number of amides is 1. The first-order valence-electron chi connectivity index (χ1n) is 24.5. The number of hydrogen-bond donors (Lipinski definition) is 13. The van der Waals surface area contributed by atoms with E-state index in [9.17, 15) is 55.5 Å². The highest BCUT2D eigenvalue weighted by Gasteiger charge is 2.53. The molecule has 3 aliphatic heterocycles. The standard InChI is InChI=1S/C50H71N7O16/c1-56(2)22-6-9-25-31(13-22)69-32-14-23(57(3)4)7-10-26(32)37(25)24-8-5-20(11-27(24)49(67)68)48(66)55-17-35-42(62)45(65)39(54)50(72-35)73-47-36(19-59)70-34(43(47)63)15-28-41(61)29(51)16-30(52)46(28)71-33-12-21(18-58)40(60)44(64)38(33)53/h5-11,13-14,21,28-31,33-36,38-47,50,58-65H,12,15-19,51-54H2,1-4H3,(H,55,66)(H,67,68)/p-1. The maximum atomic E-state index is 13.8. The second-order valence-electron chi connectivity index (χ2n) is 20.4. The van der Waals surface area contributed by atoms with E-state index >= 15 is 0 Å². The van der Waals surface area contributed by atoms with Gasteiger partial charge in [-0.25, -0.2) is 0 Å². The van der Waals surface area contributed by atoms with E-state index in [0.29, 0.717) is 22.5 Å². The molecule has 6 aliphatic rings. The third-order valence-electron chi connectivity index (χ3n) is 15.3. The number of nitrogens with one attached hydrogen (secondary N) is 1. The molecular weight excluding hydrogens is 955 g/mol. The van der Waals surface area contributed by atoms with Gasteiger partial charge in [0.1, 0.15) is 48.5 Å². The lowest BCUT2D eigenvalue weighted by molar-refractivity contribution is -0.280. The zero-order chi connectivity index (χ0) is 52.9. The Morgan fingerprint density at radius 3 is 2.12 bits per heavy atom. The summed E-state index contributed by atoms with van der Waals surface area (Å²) in [5, 5.41) is 102. The molecule has 2 saturated carbocycles. The van der Waals surface area contributed by atoms with Crippen LogP contribution >= 0.6 is 0 Å². The molecule has 23 nitrogen and oxygen atoms in total. The van der Waals surface area contributed by atoms with E-state index in [1.165, 1.54) is 18.2 Å². The van der Waals surface area contributed by atoms with Crippen molar-refractivity contribution in [3.63, 3.8) is 0 Å². The fourth-order valence-corrected chi connectivity index (χ4v) is 11.0. The maximum Gasteiger partial charge on any atom is 0.251 e. The van der Waals surface area contributed by atoms with E-state index < -0.39 is 153 Å². The average Bonchev–Trinajstić information content (AvgIpc) is 3.66. The molecule has 2 saturated heterocycles. The molecule has 8 rings (SSSR count). The minimum absolute atomic E-state index is 0.0710. The number of hydrogen-bond acceptors (Lipinski definition) is 22. The van der Waals surface area contributed by atoms with Crippen molar-refractivity contribution in [2.24, 2.45) is 34.8 Å². The highest BCUT2D eigenvalue weighted by molar-refractivity contribution is 6.03. The molecule has 4 fully saturated rings. The third-order valence-corrected chi connectivity index (χ3v) is 15.3. The molecule has 0 radical (unpaired) electrons. The van der Waals surface area contributed by atoms with Crippen LogP contribution in [-0.4, -0.2) is 215 Å². The Labute approximate surface area is 422 Å². The molecule has 0 aromatic heterocycles. The van der Waals surface area contributed by atoms with Crippen molar-refractivity contribution in [3.8, 4) is 5.75 Å². The Morgan fingerprint density at radius 2 is 1.45 bits per heavy atom. The summed E-state index contributed by atoms with van der Waals surface area (Å²) in [5.74, 6) is -3.43. The number of aliphatic hydroxyl groups is 8. The smallest absolute Gasteiger partial charge is 0.251 e. The summed E-state index contributed by atoms with van der Waals surface area (Å²) in [6.45, 7) is -1.57. The van der Waals surface area contributed by atoms with Gasteiger partial charge in [-0.15, -0.1) is 0 Å². The number of carboxylic acids is 1. The van der Waals surface area contributed by atoms with Gasteiger partial charge in [0, 0.05) is 111 Å². The molecule has 23 heteroatoms. The van der Waals surface area contributed by atoms with Gasteiger partial charge < -0.3 is 112 Å². The largest absolute Gasteiger partial charge is 0.545 e. The zero-order valence-corrected chi connectivity index (χ0v) is 41.0. The van der Waals surface area contributed by atoms with Crippen LogP contribution in [0.4, 0.5) is 5.69 Å². The van der Waals surface area contributed by atoms with Crippen LogP contribution in [0.25, 0.3) is 5.57 Å². The Bertz CT molecular complexity index is 2420. The minimum Gasteiger partial charge on any atom is -0.545 e. The number of aliphatic hydroxyl groups excluding tert-OH is 8. The molecule has 1 amide bonds. The molecular formula is C50H70N7O16-. The molecule has 0 bridgehead atoms. The first kappa shape index (κ1) is 54.6. The van der Waals surface area contributed by atoms with Crippen molar-refractivity contribution in [2.75, 3.05) is 52.8 Å². The Morgan fingerprint density at radius 1 is 0.740 bits per heavy atom. The summed E-state index contributed by atoms with van der Waals surface area (Å²) in [6.07, 6.45) is -12.1. The first-order chi connectivity index (χ1) is 34.6. The van der Waals surface area contributed by atoms with Gasteiger partial charge in [0.2, 0.25) is 0 Å². The molecule has 0 spiro atoms. The fraction of sp³-hybridized carbons (Fsp3) is 0.600. The van der Waals surface area contributed by atoms with E-state index in [-0.39, 0.29) is 36.0 Å². The number of likely N-dealkylation sites (N-methyl/N-ethyl adjacent to an activating group) is 1. The molecule has 402 valence electrons. The second-order valence-corrected chi connectivity index (χ2v) is 20.4. The van der Waals surface area contributed by atoms with E-state index in [2.05, 4.69) is 5.32 Å². The van der Waals surface area contributed by atoms with Crippen LogP contribution in [0.2, 0.25) is 0 Å². The Hall–Kier alpha value is -4.64. The minimum atomic E-state index is -1.69. The van der Waals surface area contributed by atoms with Crippen LogP contribution in [0.15, 0.2) is 65.9 Å². The number of aromatic carboxylic acids is 1. The lowest BCUT2D eigenvalue weighted by Gasteiger charge is -2.48. The number of nitrogens with two attached hydrogens (primary N) is 4. The summed E-state index contributed by atoms with van der Waals surface area (Å²) in [4.78, 5) is 30.5. The number of rotatable bonds is 15. The average molecular weight is 1030 g/mol. The number of carbonyl (C=O) groups excluding carboxylic acids is 2. The monoisotopic (exact) mass is 1020 g/mol. The zero-order valence-electron chi connectivity index (χ0n) is 41.0. The van der Waals surface area contributed by atoms with Gasteiger partial charge >= 0.3 is 0 Å². The normalized spacial score (nSPS) is 38.2. The summed E-state index contributed by atoms with van der Waals surface area (Å²) in [6, 6.07) is 5.71. The number of fused-ring (bicyclic) bond motifs is 2. The van der Waals surface area contributed by atoms with Gasteiger partial charge in [0.05, 0.1) is 61.3 Å². The molecule has 2 aromatic rings. The van der Waals surface area contributed by atoms with Gasteiger partial charge in [0.25, 0.3) is 5.91 Å². The number of nitrogens with zero attached hydrogens (tertiary/aromatic N) is 2. The first-order valence-corrected chi connectivity index (χ1v) is 24.5. The van der Waals surface area contributed by atoms with Crippen molar-refractivity contribution >= 4 is 23.1 Å². The molecule has 17 N–H and O–H groups in total. The van der Waals surface area contributed by atoms with Gasteiger partial charge in [-0.3, -0.25) is 4.79 Å². The highest BCUT2D eigenvalue weighted by atomic mass is 16.7. The molecule has 3 aliphatic carbocycles. The summed E-state index contributed by atoms with van der Waals surface area (Å²) in [7, 11) is 7.58. The lowest BCUT2D eigenvalue weighted by Crippen LogP contribution is -2.65. The Kier molecular flexibility index (Phi) is 16.7. The van der Waals surface area contributed by atoms with E-state index in [0.717, 1.165) is 11.4 Å². The van der Waals surface area contributed by atoms with Crippen molar-refractivity contribution in [2.45, 2.75) is 129 Å². The number of anilines is 1. The molecule has 3 heterocycles. The number of carboxylic acid groups (broad SMARTS) is 1. The second kappa shape index (κ2) is 22.3. The van der Waals surface area contributed by atoms with Crippen LogP contribution in [0.3, 0.4) is 0 Å². The van der Waals surface area contributed by atoms with Crippen LogP contribution in [0.1, 0.15) is 51.1 Å². The number of allylic oxidation sites excluding steroid dienone is 1. The van der Waals surface area contributed by atoms with Crippen molar-refractivity contribution < 1.29 is 79.2 Å². The summed E-state index contributed by atoms with van der Waals surface area (Å²) < 4.78 is 31.1. The van der Waals surface area contributed by atoms with Crippen LogP contribution in [-0.2, 0) is 18.9 Å². The van der Waals surface area contributed by atoms with E-state index in [1.54, 1.807) is 0 Å². The number of benzene rings is 2. The van der Waals surface area contributed by atoms with Crippen molar-refractivity contribution in [1.82, 2.24) is 10.2 Å². The molecule has 20 unspecified atom stereocenters.